The Morgan fingerprint density at radius 3 is 2.69 bits per heavy atom. The van der Waals surface area contributed by atoms with Crippen molar-refractivity contribution in [1.29, 1.82) is 0 Å². The van der Waals surface area contributed by atoms with Crippen LogP contribution in [-0.4, -0.2) is 11.2 Å². The predicted octanol–water partition coefficient (Wildman–Crippen LogP) is 4.01. The summed E-state index contributed by atoms with van der Waals surface area (Å²) in [5, 5.41) is 10.1. The van der Waals surface area contributed by atoms with Crippen molar-refractivity contribution < 1.29 is 5.11 Å². The number of rotatable bonds is 1. The summed E-state index contributed by atoms with van der Waals surface area (Å²) in [6.07, 6.45) is 8.15. The van der Waals surface area contributed by atoms with Crippen LogP contribution in [-0.2, 0) is 0 Å². The van der Waals surface area contributed by atoms with Gasteiger partial charge in [0.25, 0.3) is 0 Å². The average Bonchev–Trinajstić information content (AvgIpc) is 2.22. The highest BCUT2D eigenvalue weighted by Crippen LogP contribution is 2.25. The van der Waals surface area contributed by atoms with E-state index < -0.39 is 0 Å². The molecule has 0 fully saturated rings. The molecule has 0 radical (unpaired) electrons. The second-order valence-electron chi connectivity index (χ2n) is 5.07. The summed E-state index contributed by atoms with van der Waals surface area (Å²) in [7, 11) is 0. The minimum absolute atomic E-state index is 0.298. The molecular formula is C15H24O. The van der Waals surface area contributed by atoms with Crippen LogP contribution in [0.25, 0.3) is 0 Å². The van der Waals surface area contributed by atoms with Crippen molar-refractivity contribution in [3.8, 4) is 0 Å². The zero-order chi connectivity index (χ0) is 12.1. The number of allylic oxidation sites excluding steroid dienone is 4. The second-order valence-corrected chi connectivity index (χ2v) is 5.07. The third-order valence-corrected chi connectivity index (χ3v) is 3.49. The molecular weight excluding hydrogens is 196 g/mol. The maximum atomic E-state index is 10.1. The second kappa shape index (κ2) is 6.05. The first kappa shape index (κ1) is 13.2. The normalized spacial score (nSPS) is 34.5. The van der Waals surface area contributed by atoms with Crippen molar-refractivity contribution in [1.82, 2.24) is 0 Å². The van der Waals surface area contributed by atoms with E-state index >= 15 is 0 Å². The topological polar surface area (TPSA) is 20.2 Å². The first-order valence-electron chi connectivity index (χ1n) is 6.16. The van der Waals surface area contributed by atoms with Gasteiger partial charge in [0.1, 0.15) is 0 Å². The van der Waals surface area contributed by atoms with E-state index in [0.29, 0.717) is 5.92 Å². The van der Waals surface area contributed by atoms with Gasteiger partial charge in [0.2, 0.25) is 0 Å². The Labute approximate surface area is 99.6 Å². The molecule has 0 heterocycles. The Morgan fingerprint density at radius 1 is 1.38 bits per heavy atom. The fraction of sp³-hybridized carbons (Fsp3) is 0.600. The molecule has 0 spiro atoms. The highest BCUT2D eigenvalue weighted by Gasteiger charge is 2.16. The number of hydrogen-bond acceptors (Lipinski definition) is 1. The number of aliphatic hydroxyl groups excluding tert-OH is 1. The number of hydrogen-bond donors (Lipinski definition) is 1. The molecule has 0 amide bonds. The van der Waals surface area contributed by atoms with Crippen molar-refractivity contribution >= 4 is 0 Å². The summed E-state index contributed by atoms with van der Waals surface area (Å²) < 4.78 is 0. The van der Waals surface area contributed by atoms with Crippen LogP contribution >= 0.6 is 0 Å². The Morgan fingerprint density at radius 2 is 2.06 bits per heavy atom. The van der Waals surface area contributed by atoms with Gasteiger partial charge < -0.3 is 5.11 Å². The standard InChI is InChI=1S/C15H24O/c1-11(2)14-9-8-12(3)6-5-7-13(4)15(16)10-14/h7-8,14-16H,1,5-6,9-10H2,2-4H3/b12-8-,13-7-/t14-,15?/m0/s1. The van der Waals surface area contributed by atoms with Crippen LogP contribution in [0, 0.1) is 5.92 Å². The van der Waals surface area contributed by atoms with E-state index in [2.05, 4.69) is 32.6 Å². The minimum atomic E-state index is -0.298. The van der Waals surface area contributed by atoms with Gasteiger partial charge >= 0.3 is 0 Å². The Kier molecular flexibility index (Phi) is 5.01. The van der Waals surface area contributed by atoms with Crippen LogP contribution < -0.4 is 0 Å². The molecule has 2 atom stereocenters. The van der Waals surface area contributed by atoms with Crippen molar-refractivity contribution in [3.63, 3.8) is 0 Å². The van der Waals surface area contributed by atoms with Crippen LogP contribution in [0.3, 0.4) is 0 Å². The summed E-state index contributed by atoms with van der Waals surface area (Å²) >= 11 is 0. The highest BCUT2D eigenvalue weighted by molar-refractivity contribution is 5.12. The third kappa shape index (κ3) is 3.97. The van der Waals surface area contributed by atoms with Crippen LogP contribution in [0.4, 0.5) is 0 Å². The van der Waals surface area contributed by atoms with Crippen molar-refractivity contribution in [3.05, 3.63) is 35.5 Å². The van der Waals surface area contributed by atoms with E-state index in [-0.39, 0.29) is 6.10 Å². The zero-order valence-electron chi connectivity index (χ0n) is 10.8. The first-order chi connectivity index (χ1) is 7.50. The lowest BCUT2D eigenvalue weighted by molar-refractivity contribution is 0.182. The Hall–Kier alpha value is -0.820. The number of aliphatic hydroxyl groups is 1. The van der Waals surface area contributed by atoms with Crippen molar-refractivity contribution in [2.75, 3.05) is 0 Å². The van der Waals surface area contributed by atoms with Gasteiger partial charge in [0.15, 0.2) is 0 Å². The van der Waals surface area contributed by atoms with Crippen molar-refractivity contribution in [2.45, 2.75) is 52.6 Å². The largest absolute Gasteiger partial charge is 0.389 e. The summed E-state index contributed by atoms with van der Waals surface area (Å²) in [6.45, 7) is 10.3. The molecule has 1 rings (SSSR count). The van der Waals surface area contributed by atoms with Gasteiger partial charge in [-0.05, 0) is 57.9 Å². The van der Waals surface area contributed by atoms with Gasteiger partial charge in [-0.15, -0.1) is 0 Å². The van der Waals surface area contributed by atoms with E-state index in [1.165, 1.54) is 11.1 Å². The smallest absolute Gasteiger partial charge is 0.0753 e. The molecule has 0 saturated heterocycles. The minimum Gasteiger partial charge on any atom is -0.389 e. The molecule has 1 unspecified atom stereocenters. The molecule has 1 N–H and O–H groups in total. The lowest BCUT2D eigenvalue weighted by Crippen LogP contribution is -2.16. The summed E-state index contributed by atoms with van der Waals surface area (Å²) in [6, 6.07) is 0. The molecule has 1 aliphatic rings. The zero-order valence-corrected chi connectivity index (χ0v) is 10.8. The molecule has 1 heteroatoms. The Balaban J connectivity index is 2.82. The van der Waals surface area contributed by atoms with Gasteiger partial charge in [-0.2, -0.15) is 0 Å². The molecule has 0 aromatic heterocycles. The van der Waals surface area contributed by atoms with Gasteiger partial charge in [0, 0.05) is 0 Å². The molecule has 1 aliphatic carbocycles. The van der Waals surface area contributed by atoms with E-state index in [1.54, 1.807) is 0 Å². The fourth-order valence-electron chi connectivity index (χ4n) is 2.06. The molecule has 0 bridgehead atoms. The molecule has 0 aromatic carbocycles. The summed E-state index contributed by atoms with van der Waals surface area (Å²) in [4.78, 5) is 0. The molecule has 0 aromatic rings. The van der Waals surface area contributed by atoms with Crippen LogP contribution in [0.2, 0.25) is 0 Å². The molecule has 0 aliphatic heterocycles. The van der Waals surface area contributed by atoms with Gasteiger partial charge in [-0.1, -0.05) is 29.9 Å². The monoisotopic (exact) mass is 220 g/mol. The van der Waals surface area contributed by atoms with Gasteiger partial charge in [0.05, 0.1) is 6.10 Å². The maximum absolute atomic E-state index is 10.1. The molecule has 16 heavy (non-hydrogen) atoms. The average molecular weight is 220 g/mol. The SMILES string of the molecule is C=C(C)[C@H]1C/C=C(/C)CC/C=C(/C)C(O)C1. The lowest BCUT2D eigenvalue weighted by Gasteiger charge is -2.21. The Bertz CT molecular complexity index is 309. The fourth-order valence-corrected chi connectivity index (χ4v) is 2.06. The molecule has 90 valence electrons. The van der Waals surface area contributed by atoms with E-state index in [1.807, 2.05) is 6.92 Å². The van der Waals surface area contributed by atoms with E-state index in [4.69, 9.17) is 0 Å². The molecule has 1 nitrogen and oxygen atoms in total. The van der Waals surface area contributed by atoms with Crippen molar-refractivity contribution in [2.24, 2.45) is 5.92 Å². The third-order valence-electron chi connectivity index (χ3n) is 3.49. The summed E-state index contributed by atoms with van der Waals surface area (Å²) in [5.74, 6) is 0.409. The summed E-state index contributed by atoms with van der Waals surface area (Å²) in [5.41, 5.74) is 3.74. The van der Waals surface area contributed by atoms with Gasteiger partial charge in [-0.3, -0.25) is 0 Å². The molecule has 0 saturated carbocycles. The van der Waals surface area contributed by atoms with E-state index in [9.17, 15) is 5.11 Å². The lowest BCUT2D eigenvalue weighted by atomic mass is 9.87. The maximum Gasteiger partial charge on any atom is 0.0753 e. The van der Waals surface area contributed by atoms with Crippen LogP contribution in [0.1, 0.15) is 46.5 Å². The quantitative estimate of drug-likeness (QED) is 0.662. The highest BCUT2D eigenvalue weighted by atomic mass is 16.3. The van der Waals surface area contributed by atoms with E-state index in [0.717, 1.165) is 31.3 Å². The first-order valence-corrected chi connectivity index (χ1v) is 6.16. The van der Waals surface area contributed by atoms with Crippen LogP contribution in [0.5, 0.6) is 0 Å². The van der Waals surface area contributed by atoms with Crippen LogP contribution in [0.15, 0.2) is 35.5 Å². The predicted molar refractivity (Wildman–Crippen MR) is 70.3 cm³/mol. The van der Waals surface area contributed by atoms with Gasteiger partial charge in [-0.25, -0.2) is 0 Å².